The van der Waals surface area contributed by atoms with E-state index in [4.69, 9.17) is 14.4 Å². The lowest BCUT2D eigenvalue weighted by Crippen LogP contribution is -2.16. The molecule has 1 aliphatic heterocycles. The molecule has 3 aromatic heterocycles. The van der Waals surface area contributed by atoms with Crippen LogP contribution in [0.5, 0.6) is 0 Å². The molecule has 2 N–H and O–H groups in total. The molecule has 130 valence electrons. The molecule has 0 fully saturated rings. The predicted octanol–water partition coefficient (Wildman–Crippen LogP) is 2.04. The van der Waals surface area contributed by atoms with Crippen molar-refractivity contribution in [2.24, 2.45) is 0 Å². The Morgan fingerprint density at radius 3 is 3.00 bits per heavy atom. The standard InChI is InChI=1S/C18H22N6O/c1-13-11-21-24(12-13)9-8-20-17-14-4-6-19-7-5-15(14)22-18(23-17)16-3-2-10-25-16/h2-3,10-12,19H,4-9H2,1H3,(H,20,22,23). The number of hydrogen-bond donors (Lipinski definition) is 2. The molecule has 25 heavy (non-hydrogen) atoms. The van der Waals surface area contributed by atoms with Crippen LogP contribution in [0.1, 0.15) is 16.8 Å². The Morgan fingerprint density at radius 1 is 1.28 bits per heavy atom. The predicted molar refractivity (Wildman–Crippen MR) is 95.5 cm³/mol. The van der Waals surface area contributed by atoms with Crippen molar-refractivity contribution in [3.63, 3.8) is 0 Å². The Kier molecular flexibility index (Phi) is 4.47. The molecule has 0 radical (unpaired) electrons. The smallest absolute Gasteiger partial charge is 0.197 e. The highest BCUT2D eigenvalue weighted by Gasteiger charge is 2.18. The summed E-state index contributed by atoms with van der Waals surface area (Å²) in [6.45, 7) is 5.48. The molecular weight excluding hydrogens is 316 g/mol. The SMILES string of the molecule is Cc1cnn(CCNc2nc(-c3ccco3)nc3c2CCNCC3)c1. The van der Waals surface area contributed by atoms with Gasteiger partial charge in [0.05, 0.1) is 24.7 Å². The molecule has 7 nitrogen and oxygen atoms in total. The van der Waals surface area contributed by atoms with E-state index in [1.54, 1.807) is 6.26 Å². The van der Waals surface area contributed by atoms with Gasteiger partial charge in [-0.25, -0.2) is 9.97 Å². The van der Waals surface area contributed by atoms with Gasteiger partial charge in [0.25, 0.3) is 0 Å². The first-order valence-electron chi connectivity index (χ1n) is 8.67. The lowest BCUT2D eigenvalue weighted by molar-refractivity contribution is 0.576. The number of anilines is 1. The molecule has 0 saturated heterocycles. The minimum absolute atomic E-state index is 0.642. The number of aryl methyl sites for hydroxylation is 1. The van der Waals surface area contributed by atoms with Gasteiger partial charge in [-0.05, 0) is 37.6 Å². The second kappa shape index (κ2) is 7.06. The number of fused-ring (bicyclic) bond motifs is 1. The van der Waals surface area contributed by atoms with E-state index in [1.165, 1.54) is 11.1 Å². The van der Waals surface area contributed by atoms with Crippen molar-refractivity contribution >= 4 is 5.82 Å². The van der Waals surface area contributed by atoms with Gasteiger partial charge < -0.3 is 15.1 Å². The largest absolute Gasteiger partial charge is 0.461 e. The molecule has 0 aromatic carbocycles. The average Bonchev–Trinajstić information content (AvgIpc) is 3.22. The molecular formula is C18H22N6O. The van der Waals surface area contributed by atoms with Crippen LogP contribution in [0, 0.1) is 6.92 Å². The van der Waals surface area contributed by atoms with Gasteiger partial charge in [-0.1, -0.05) is 0 Å². The van der Waals surface area contributed by atoms with Gasteiger partial charge in [0.15, 0.2) is 11.6 Å². The minimum Gasteiger partial charge on any atom is -0.461 e. The zero-order valence-electron chi connectivity index (χ0n) is 14.3. The fourth-order valence-corrected chi connectivity index (χ4v) is 3.09. The molecule has 3 aromatic rings. The molecule has 1 aliphatic rings. The van der Waals surface area contributed by atoms with Gasteiger partial charge in [0.2, 0.25) is 0 Å². The van der Waals surface area contributed by atoms with Crippen LogP contribution < -0.4 is 10.6 Å². The van der Waals surface area contributed by atoms with E-state index in [9.17, 15) is 0 Å². The highest BCUT2D eigenvalue weighted by atomic mass is 16.3. The maximum atomic E-state index is 5.49. The Bertz CT molecular complexity index is 839. The van der Waals surface area contributed by atoms with Crippen LogP contribution in [0.15, 0.2) is 35.2 Å². The summed E-state index contributed by atoms with van der Waals surface area (Å²) in [6.07, 6.45) is 7.40. The molecule has 4 heterocycles. The molecule has 0 saturated carbocycles. The van der Waals surface area contributed by atoms with Gasteiger partial charge >= 0.3 is 0 Å². The van der Waals surface area contributed by atoms with Crippen molar-refractivity contribution in [2.45, 2.75) is 26.3 Å². The lowest BCUT2D eigenvalue weighted by atomic mass is 10.1. The van der Waals surface area contributed by atoms with E-state index in [1.807, 2.05) is 36.1 Å². The third-order valence-electron chi connectivity index (χ3n) is 4.32. The quantitative estimate of drug-likeness (QED) is 0.741. The molecule has 0 spiro atoms. The van der Waals surface area contributed by atoms with Crippen LogP contribution in [-0.4, -0.2) is 39.4 Å². The van der Waals surface area contributed by atoms with Crippen molar-refractivity contribution in [1.82, 2.24) is 25.1 Å². The van der Waals surface area contributed by atoms with Crippen molar-refractivity contribution < 1.29 is 4.42 Å². The zero-order valence-corrected chi connectivity index (χ0v) is 14.3. The summed E-state index contributed by atoms with van der Waals surface area (Å²) in [6, 6.07) is 3.76. The third-order valence-corrected chi connectivity index (χ3v) is 4.32. The van der Waals surface area contributed by atoms with Crippen LogP contribution in [0.3, 0.4) is 0 Å². The summed E-state index contributed by atoms with van der Waals surface area (Å²) < 4.78 is 7.43. The van der Waals surface area contributed by atoms with Crippen molar-refractivity contribution in [2.75, 3.05) is 25.0 Å². The van der Waals surface area contributed by atoms with Crippen molar-refractivity contribution in [3.8, 4) is 11.6 Å². The van der Waals surface area contributed by atoms with Crippen molar-refractivity contribution in [1.29, 1.82) is 0 Å². The van der Waals surface area contributed by atoms with Gasteiger partial charge in [-0.3, -0.25) is 4.68 Å². The fourth-order valence-electron chi connectivity index (χ4n) is 3.09. The molecule has 0 unspecified atom stereocenters. The first-order chi connectivity index (χ1) is 12.3. The maximum Gasteiger partial charge on any atom is 0.197 e. The molecule has 0 atom stereocenters. The van der Waals surface area contributed by atoms with Gasteiger partial charge in [-0.2, -0.15) is 5.10 Å². The molecule has 7 heteroatoms. The second-order valence-corrected chi connectivity index (χ2v) is 6.26. The summed E-state index contributed by atoms with van der Waals surface area (Å²) in [7, 11) is 0. The van der Waals surface area contributed by atoms with E-state index in [2.05, 4.69) is 15.7 Å². The first kappa shape index (κ1) is 15.8. The number of aromatic nitrogens is 4. The Morgan fingerprint density at radius 2 is 2.20 bits per heavy atom. The number of nitrogens with zero attached hydrogens (tertiary/aromatic N) is 4. The van der Waals surface area contributed by atoms with E-state index in [0.717, 1.165) is 50.5 Å². The Balaban J connectivity index is 1.59. The number of hydrogen-bond acceptors (Lipinski definition) is 6. The normalized spacial score (nSPS) is 14.1. The zero-order chi connectivity index (χ0) is 17.1. The van der Waals surface area contributed by atoms with Gasteiger partial charge in [0.1, 0.15) is 5.82 Å². The van der Waals surface area contributed by atoms with Gasteiger partial charge in [0, 0.05) is 31.3 Å². The summed E-state index contributed by atoms with van der Waals surface area (Å²) in [4.78, 5) is 9.48. The second-order valence-electron chi connectivity index (χ2n) is 6.26. The monoisotopic (exact) mass is 338 g/mol. The maximum absolute atomic E-state index is 5.49. The third kappa shape index (κ3) is 3.56. The number of nitrogens with one attached hydrogen (secondary N) is 2. The molecule has 0 aliphatic carbocycles. The summed E-state index contributed by atoms with van der Waals surface area (Å²) in [5.74, 6) is 2.25. The van der Waals surface area contributed by atoms with Crippen LogP contribution in [0.2, 0.25) is 0 Å². The van der Waals surface area contributed by atoms with Gasteiger partial charge in [-0.15, -0.1) is 0 Å². The fraction of sp³-hybridized carbons (Fsp3) is 0.389. The average molecular weight is 338 g/mol. The lowest BCUT2D eigenvalue weighted by Gasteiger charge is -2.14. The van der Waals surface area contributed by atoms with Crippen molar-refractivity contribution in [3.05, 3.63) is 47.6 Å². The van der Waals surface area contributed by atoms with E-state index >= 15 is 0 Å². The number of furan rings is 1. The number of rotatable bonds is 5. The van der Waals surface area contributed by atoms with E-state index < -0.39 is 0 Å². The van der Waals surface area contributed by atoms with E-state index in [0.29, 0.717) is 11.6 Å². The summed E-state index contributed by atoms with van der Waals surface area (Å²) >= 11 is 0. The molecule has 4 rings (SSSR count). The molecule has 0 amide bonds. The summed E-state index contributed by atoms with van der Waals surface area (Å²) in [5.41, 5.74) is 3.47. The topological polar surface area (TPSA) is 80.8 Å². The Hall–Kier alpha value is -2.67. The van der Waals surface area contributed by atoms with Crippen LogP contribution in [0.25, 0.3) is 11.6 Å². The minimum atomic E-state index is 0.642. The summed E-state index contributed by atoms with van der Waals surface area (Å²) in [5, 5.41) is 11.2. The van der Waals surface area contributed by atoms with Crippen LogP contribution in [-0.2, 0) is 19.4 Å². The van der Waals surface area contributed by atoms with Crippen LogP contribution >= 0.6 is 0 Å². The highest BCUT2D eigenvalue weighted by Crippen LogP contribution is 2.24. The Labute approximate surface area is 146 Å². The van der Waals surface area contributed by atoms with Crippen LogP contribution in [0.4, 0.5) is 5.82 Å². The van der Waals surface area contributed by atoms with E-state index in [-0.39, 0.29) is 0 Å². The first-order valence-corrected chi connectivity index (χ1v) is 8.67. The molecule has 0 bridgehead atoms. The highest BCUT2D eigenvalue weighted by molar-refractivity contribution is 5.56.